The fourth-order valence-corrected chi connectivity index (χ4v) is 6.13. The maximum atomic E-state index is 13.2. The lowest BCUT2D eigenvalue weighted by molar-refractivity contribution is -0.138. The zero-order chi connectivity index (χ0) is 33.8. The molecule has 2 N–H and O–H groups in total. The van der Waals surface area contributed by atoms with Crippen LogP contribution in [0.15, 0.2) is 73.1 Å². The highest BCUT2D eigenvalue weighted by atomic mass is 32.1. The van der Waals surface area contributed by atoms with Crippen LogP contribution >= 0.6 is 11.3 Å². The van der Waals surface area contributed by atoms with Crippen LogP contribution in [-0.2, 0) is 21.4 Å². The third-order valence-corrected chi connectivity index (χ3v) is 9.44. The second-order valence-corrected chi connectivity index (χ2v) is 13.9. The van der Waals surface area contributed by atoms with Gasteiger partial charge in [-0.05, 0) is 53.6 Å². The average Bonchev–Trinajstić information content (AvgIpc) is 3.58. The summed E-state index contributed by atoms with van der Waals surface area (Å²) in [6, 6.07) is 19.3. The minimum atomic E-state index is -1.14. The van der Waals surface area contributed by atoms with E-state index in [0.29, 0.717) is 10.7 Å². The van der Waals surface area contributed by atoms with Crippen molar-refractivity contribution in [1.29, 1.82) is 0 Å². The number of carboxylic acid groups (broad SMARTS) is 1. The van der Waals surface area contributed by atoms with Crippen LogP contribution in [-0.4, -0.2) is 45.9 Å². The van der Waals surface area contributed by atoms with E-state index in [2.05, 4.69) is 43.0 Å². The molecule has 0 aliphatic rings. The number of hydrogen-bond donors (Lipinski definition) is 2. The lowest BCUT2D eigenvalue weighted by Gasteiger charge is -2.16. The Morgan fingerprint density at radius 2 is 1.51 bits per heavy atom. The Morgan fingerprint density at radius 1 is 0.851 bits per heavy atom. The van der Waals surface area contributed by atoms with Crippen molar-refractivity contribution >= 4 is 29.0 Å². The molecule has 0 unspecified atom stereocenters. The number of aromatic nitrogens is 2. The third-order valence-electron chi connectivity index (χ3n) is 7.89. The van der Waals surface area contributed by atoms with Crippen LogP contribution < -0.4 is 10.1 Å². The third kappa shape index (κ3) is 10.8. The molecular formula is C38H45N3O5S. The highest BCUT2D eigenvalue weighted by molar-refractivity contribution is 7.14. The summed E-state index contributed by atoms with van der Waals surface area (Å²) in [6.07, 6.45) is 9.88. The number of Topliss-reactive ketones (excluding diaryl/α,β-unsaturated/α-hetero) is 1. The van der Waals surface area contributed by atoms with Crippen molar-refractivity contribution in [3.8, 4) is 28.3 Å². The molecule has 1 amide bonds. The van der Waals surface area contributed by atoms with E-state index < -0.39 is 24.3 Å². The van der Waals surface area contributed by atoms with Crippen LogP contribution in [0.5, 0.6) is 5.75 Å². The summed E-state index contributed by atoms with van der Waals surface area (Å²) in [5.41, 5.74) is 3.48. The van der Waals surface area contributed by atoms with Crippen molar-refractivity contribution < 1.29 is 24.2 Å². The summed E-state index contributed by atoms with van der Waals surface area (Å²) in [4.78, 5) is 48.1. The Morgan fingerprint density at radius 3 is 2.13 bits per heavy atom. The predicted molar refractivity (Wildman–Crippen MR) is 187 cm³/mol. The van der Waals surface area contributed by atoms with Crippen molar-refractivity contribution in [1.82, 2.24) is 15.3 Å². The molecule has 0 aliphatic heterocycles. The van der Waals surface area contributed by atoms with Crippen LogP contribution in [0.25, 0.3) is 22.5 Å². The molecule has 2 aromatic carbocycles. The summed E-state index contributed by atoms with van der Waals surface area (Å²) in [5.74, 6) is -1.02. The summed E-state index contributed by atoms with van der Waals surface area (Å²) in [6.45, 7) is 8.70. The largest absolute Gasteiger partial charge is 0.494 e. The Bertz CT molecular complexity index is 1610. The van der Waals surface area contributed by atoms with Crippen LogP contribution in [0.3, 0.4) is 0 Å². The minimum Gasteiger partial charge on any atom is -0.494 e. The number of carbonyl (C=O) groups is 3. The molecular weight excluding hydrogens is 611 g/mol. The molecule has 1 atom stereocenters. The van der Waals surface area contributed by atoms with Crippen molar-refractivity contribution in [2.75, 3.05) is 13.2 Å². The Balaban J connectivity index is 1.38. The number of unbranched alkanes of at least 4 members (excludes halogenated alkanes) is 4. The number of ether oxygens (including phenoxy) is 1. The lowest BCUT2D eigenvalue weighted by Crippen LogP contribution is -2.36. The number of nitrogens with one attached hydrogen (secondary N) is 1. The number of carboxylic acids is 1. The van der Waals surface area contributed by atoms with Gasteiger partial charge in [-0.25, -0.2) is 9.97 Å². The number of aliphatic carboxylic acids is 1. The highest BCUT2D eigenvalue weighted by Crippen LogP contribution is 2.31. The molecule has 0 spiro atoms. The fourth-order valence-electron chi connectivity index (χ4n) is 5.12. The fraction of sp³-hybridized carbons (Fsp3) is 0.395. The quantitative estimate of drug-likeness (QED) is 0.0870. The number of benzene rings is 2. The van der Waals surface area contributed by atoms with Gasteiger partial charge in [-0.1, -0.05) is 89.8 Å². The van der Waals surface area contributed by atoms with Crippen LogP contribution in [0.2, 0.25) is 0 Å². The van der Waals surface area contributed by atoms with E-state index >= 15 is 0 Å². The van der Waals surface area contributed by atoms with E-state index in [1.807, 2.05) is 54.6 Å². The highest BCUT2D eigenvalue weighted by Gasteiger charge is 2.26. The normalized spacial score (nSPS) is 12.0. The van der Waals surface area contributed by atoms with E-state index in [1.54, 1.807) is 18.5 Å². The van der Waals surface area contributed by atoms with Crippen LogP contribution in [0.1, 0.15) is 86.3 Å². The van der Waals surface area contributed by atoms with Gasteiger partial charge in [0, 0.05) is 40.7 Å². The van der Waals surface area contributed by atoms with Gasteiger partial charge in [-0.2, -0.15) is 0 Å². The number of ketones is 1. The van der Waals surface area contributed by atoms with Gasteiger partial charge in [0.2, 0.25) is 5.91 Å². The zero-order valence-electron chi connectivity index (χ0n) is 27.8. The van der Waals surface area contributed by atoms with E-state index in [-0.39, 0.29) is 24.0 Å². The lowest BCUT2D eigenvalue weighted by atomic mass is 9.92. The monoisotopic (exact) mass is 655 g/mol. The molecule has 4 aromatic rings. The zero-order valence-corrected chi connectivity index (χ0v) is 28.6. The van der Waals surface area contributed by atoms with E-state index in [4.69, 9.17) is 9.84 Å². The van der Waals surface area contributed by atoms with Crippen molar-refractivity contribution in [3.63, 3.8) is 0 Å². The average molecular weight is 656 g/mol. The molecule has 47 heavy (non-hydrogen) atoms. The molecule has 0 aliphatic carbocycles. The molecule has 0 radical (unpaired) electrons. The minimum absolute atomic E-state index is 0.0198. The Labute approximate surface area is 281 Å². The van der Waals surface area contributed by atoms with Gasteiger partial charge in [0.1, 0.15) is 12.3 Å². The molecule has 2 aromatic heterocycles. The van der Waals surface area contributed by atoms with Gasteiger partial charge >= 0.3 is 5.97 Å². The summed E-state index contributed by atoms with van der Waals surface area (Å²) < 4.78 is 5.88. The first-order chi connectivity index (χ1) is 22.5. The molecule has 9 heteroatoms. The van der Waals surface area contributed by atoms with Gasteiger partial charge in [-0.15, -0.1) is 11.3 Å². The topological polar surface area (TPSA) is 118 Å². The van der Waals surface area contributed by atoms with E-state index in [0.717, 1.165) is 45.9 Å². The standard InChI is InChI=1S/C38H45N3O5S/c1-5-6-7-8-9-20-46-31-16-14-27(15-17-31)30-23-39-36(40-24-30)28-12-10-26(11-13-28)21-29(37(45)41-25-35(43)44)22-32(42)33-18-19-34(47-33)38(2,3)4/h10-19,23-24,29H,5-9,20-22,25H2,1-4H3,(H,41,45)(H,43,44)/t29-/m1/s1. The smallest absolute Gasteiger partial charge is 0.322 e. The molecule has 4 rings (SSSR count). The van der Waals surface area contributed by atoms with Crippen LogP contribution in [0, 0.1) is 5.92 Å². The molecule has 248 valence electrons. The van der Waals surface area contributed by atoms with Gasteiger partial charge in [0.05, 0.1) is 11.5 Å². The second kappa shape index (κ2) is 17.0. The second-order valence-electron chi connectivity index (χ2n) is 12.8. The van der Waals surface area contributed by atoms with Crippen LogP contribution in [0.4, 0.5) is 0 Å². The summed E-state index contributed by atoms with van der Waals surface area (Å²) in [7, 11) is 0. The van der Waals surface area contributed by atoms with Crippen molar-refractivity contribution in [2.24, 2.45) is 5.92 Å². The van der Waals surface area contributed by atoms with Gasteiger partial charge in [-0.3, -0.25) is 14.4 Å². The molecule has 0 bridgehead atoms. The number of carbonyl (C=O) groups excluding carboxylic acids is 2. The maximum Gasteiger partial charge on any atom is 0.322 e. The Hall–Kier alpha value is -4.37. The molecule has 0 saturated carbocycles. The first-order valence-electron chi connectivity index (χ1n) is 16.3. The van der Waals surface area contributed by atoms with E-state index in [9.17, 15) is 14.4 Å². The molecule has 0 fully saturated rings. The molecule has 8 nitrogen and oxygen atoms in total. The number of rotatable bonds is 17. The Kier molecular flexibility index (Phi) is 12.8. The number of hydrogen-bond acceptors (Lipinski definition) is 7. The van der Waals surface area contributed by atoms with E-state index in [1.165, 1.54) is 37.0 Å². The predicted octanol–water partition coefficient (Wildman–Crippen LogP) is 8.15. The van der Waals surface area contributed by atoms with Crippen molar-refractivity contribution in [3.05, 3.63) is 88.4 Å². The maximum absolute atomic E-state index is 13.2. The summed E-state index contributed by atoms with van der Waals surface area (Å²) >= 11 is 1.44. The van der Waals surface area contributed by atoms with Gasteiger partial charge in [0.15, 0.2) is 11.6 Å². The van der Waals surface area contributed by atoms with Gasteiger partial charge in [0.25, 0.3) is 0 Å². The van der Waals surface area contributed by atoms with Gasteiger partial charge < -0.3 is 15.2 Å². The number of amides is 1. The number of thiophene rings is 1. The SMILES string of the molecule is CCCCCCCOc1ccc(-c2cnc(-c3ccc(C[C@H](CC(=O)c4ccc(C(C)(C)C)s4)C(=O)NCC(=O)O)cc3)nc2)cc1. The molecule has 2 heterocycles. The number of nitrogens with zero attached hydrogens (tertiary/aromatic N) is 2. The summed E-state index contributed by atoms with van der Waals surface area (Å²) in [5, 5.41) is 11.5. The molecule has 0 saturated heterocycles. The first-order valence-corrected chi connectivity index (χ1v) is 17.1. The first kappa shape index (κ1) is 35.5. The van der Waals surface area contributed by atoms with Crippen molar-refractivity contribution in [2.45, 2.75) is 78.1 Å².